The number of nitrogens with one attached hydrogen (secondary N) is 2. The number of amides is 2. The van der Waals surface area contributed by atoms with Crippen molar-refractivity contribution < 1.29 is 9.59 Å². The lowest BCUT2D eigenvalue weighted by atomic mass is 10.2. The molecular weight excluding hydrogens is 318 g/mol. The van der Waals surface area contributed by atoms with E-state index >= 15 is 0 Å². The Morgan fingerprint density at radius 2 is 2.14 bits per heavy atom. The third kappa shape index (κ3) is 3.15. The summed E-state index contributed by atoms with van der Waals surface area (Å²) >= 11 is 2.87. The maximum Gasteiger partial charge on any atom is 0.238 e. The van der Waals surface area contributed by atoms with Gasteiger partial charge in [-0.1, -0.05) is 12.1 Å². The molecule has 114 valence electrons. The minimum Gasteiger partial charge on any atom is -0.324 e. The minimum absolute atomic E-state index is 0.127. The normalized spacial score (nSPS) is 16.8. The van der Waals surface area contributed by atoms with Crippen LogP contribution in [-0.2, 0) is 9.59 Å². The van der Waals surface area contributed by atoms with Crippen LogP contribution in [0.2, 0.25) is 0 Å². The van der Waals surface area contributed by atoms with Crippen LogP contribution in [0, 0.1) is 13.8 Å². The van der Waals surface area contributed by atoms with Gasteiger partial charge in [0.25, 0.3) is 0 Å². The lowest BCUT2D eigenvalue weighted by molar-refractivity contribution is -0.120. The van der Waals surface area contributed by atoms with E-state index < -0.39 is 5.25 Å². The van der Waals surface area contributed by atoms with Gasteiger partial charge >= 0.3 is 0 Å². The van der Waals surface area contributed by atoms with E-state index in [2.05, 4.69) is 15.6 Å². The number of carbonyl (C=O) groups excluding carboxylic acids is 2. The van der Waals surface area contributed by atoms with E-state index in [9.17, 15) is 9.59 Å². The molecule has 2 aromatic rings. The third-order valence-electron chi connectivity index (χ3n) is 3.35. The Balaban J connectivity index is 1.65. The molecule has 0 radical (unpaired) electrons. The summed E-state index contributed by atoms with van der Waals surface area (Å²) in [5.41, 5.74) is 1.72. The number of fused-ring (bicyclic) bond motifs is 1. The number of aryl methyl sites for hydroxylation is 2. The van der Waals surface area contributed by atoms with Gasteiger partial charge in [-0.2, -0.15) is 0 Å². The number of para-hydroxylation sites is 1. The highest BCUT2D eigenvalue weighted by atomic mass is 32.2. The molecule has 0 saturated heterocycles. The zero-order chi connectivity index (χ0) is 15.7. The second-order valence-electron chi connectivity index (χ2n) is 5.00. The van der Waals surface area contributed by atoms with Gasteiger partial charge in [0, 0.05) is 16.2 Å². The van der Waals surface area contributed by atoms with Gasteiger partial charge in [0.1, 0.15) is 0 Å². The molecule has 1 aromatic heterocycles. The highest BCUT2D eigenvalue weighted by Crippen LogP contribution is 2.36. The number of anilines is 2. The smallest absolute Gasteiger partial charge is 0.238 e. The van der Waals surface area contributed by atoms with Crippen LogP contribution in [0.3, 0.4) is 0 Å². The van der Waals surface area contributed by atoms with E-state index in [0.717, 1.165) is 21.2 Å². The number of rotatable bonds is 3. The van der Waals surface area contributed by atoms with Crippen molar-refractivity contribution in [1.82, 2.24) is 4.98 Å². The summed E-state index contributed by atoms with van der Waals surface area (Å²) in [6.45, 7) is 3.87. The van der Waals surface area contributed by atoms with E-state index in [0.29, 0.717) is 5.13 Å². The maximum atomic E-state index is 12.1. The summed E-state index contributed by atoms with van der Waals surface area (Å²) in [7, 11) is 0. The van der Waals surface area contributed by atoms with E-state index in [1.165, 1.54) is 23.1 Å². The van der Waals surface area contributed by atoms with Gasteiger partial charge in [-0.05, 0) is 26.0 Å². The summed E-state index contributed by atoms with van der Waals surface area (Å²) in [4.78, 5) is 30.5. The Morgan fingerprint density at radius 3 is 2.86 bits per heavy atom. The lowest BCUT2D eigenvalue weighted by Gasteiger charge is -2.23. The summed E-state index contributed by atoms with van der Waals surface area (Å²) in [5.74, 6) is -0.328. The monoisotopic (exact) mass is 333 g/mol. The topological polar surface area (TPSA) is 71.1 Å². The fourth-order valence-corrected chi connectivity index (χ4v) is 4.03. The van der Waals surface area contributed by atoms with Crippen LogP contribution in [0.25, 0.3) is 0 Å². The van der Waals surface area contributed by atoms with Crippen molar-refractivity contribution in [2.45, 2.75) is 30.4 Å². The first-order chi connectivity index (χ1) is 10.5. The summed E-state index contributed by atoms with van der Waals surface area (Å²) in [6, 6.07) is 7.59. The Labute approximate surface area is 136 Å². The predicted molar refractivity (Wildman–Crippen MR) is 89.6 cm³/mol. The Hall–Kier alpha value is -1.86. The SMILES string of the molecule is Cc1nc(NC(=O)C[C@H]2Sc3ccccc3NC2=O)sc1C. The molecular formula is C15H15N3O2S2. The summed E-state index contributed by atoms with van der Waals surface area (Å²) < 4.78 is 0. The van der Waals surface area contributed by atoms with Crippen molar-refractivity contribution in [1.29, 1.82) is 0 Å². The largest absolute Gasteiger partial charge is 0.324 e. The fourth-order valence-electron chi connectivity index (χ4n) is 2.09. The number of carbonyl (C=O) groups is 2. The van der Waals surface area contributed by atoms with Crippen LogP contribution >= 0.6 is 23.1 Å². The van der Waals surface area contributed by atoms with Gasteiger partial charge in [-0.15, -0.1) is 23.1 Å². The van der Waals surface area contributed by atoms with E-state index in [1.54, 1.807) is 0 Å². The molecule has 0 saturated carbocycles. The molecule has 5 nitrogen and oxygen atoms in total. The lowest BCUT2D eigenvalue weighted by Crippen LogP contribution is -2.32. The first-order valence-corrected chi connectivity index (χ1v) is 8.53. The average molecular weight is 333 g/mol. The average Bonchev–Trinajstić information content (AvgIpc) is 2.78. The molecule has 1 aliphatic heterocycles. The first-order valence-electron chi connectivity index (χ1n) is 6.83. The zero-order valence-electron chi connectivity index (χ0n) is 12.2. The highest BCUT2D eigenvalue weighted by molar-refractivity contribution is 8.01. The first kappa shape index (κ1) is 15.1. The summed E-state index contributed by atoms with van der Waals surface area (Å²) in [6.07, 6.45) is 0.127. The number of aromatic nitrogens is 1. The number of thiazole rings is 1. The second-order valence-corrected chi connectivity index (χ2v) is 7.45. The molecule has 2 heterocycles. The van der Waals surface area contributed by atoms with Crippen molar-refractivity contribution in [3.8, 4) is 0 Å². The van der Waals surface area contributed by atoms with Crippen LogP contribution < -0.4 is 10.6 Å². The van der Waals surface area contributed by atoms with Crippen LogP contribution in [-0.4, -0.2) is 22.0 Å². The Morgan fingerprint density at radius 1 is 1.36 bits per heavy atom. The molecule has 0 unspecified atom stereocenters. The zero-order valence-corrected chi connectivity index (χ0v) is 13.8. The molecule has 1 atom stereocenters. The van der Waals surface area contributed by atoms with Crippen LogP contribution in [0.15, 0.2) is 29.2 Å². The minimum atomic E-state index is -0.419. The number of nitrogens with zero attached hydrogens (tertiary/aromatic N) is 1. The van der Waals surface area contributed by atoms with Gasteiger partial charge in [-0.3, -0.25) is 9.59 Å². The predicted octanol–water partition coefficient (Wildman–Crippen LogP) is 3.20. The molecule has 22 heavy (non-hydrogen) atoms. The third-order valence-corrected chi connectivity index (χ3v) is 5.62. The Bertz CT molecular complexity index is 723. The fraction of sp³-hybridized carbons (Fsp3) is 0.267. The molecule has 2 N–H and O–H groups in total. The Kier molecular flexibility index (Phi) is 4.17. The van der Waals surface area contributed by atoms with Gasteiger partial charge in [0.05, 0.1) is 16.6 Å². The number of hydrogen-bond acceptors (Lipinski definition) is 5. The van der Waals surface area contributed by atoms with Crippen molar-refractivity contribution in [3.63, 3.8) is 0 Å². The molecule has 1 aliphatic rings. The van der Waals surface area contributed by atoms with Crippen molar-refractivity contribution in [2.24, 2.45) is 0 Å². The van der Waals surface area contributed by atoms with Gasteiger partial charge in [-0.25, -0.2) is 4.98 Å². The van der Waals surface area contributed by atoms with Crippen molar-refractivity contribution in [3.05, 3.63) is 34.8 Å². The molecule has 1 aromatic carbocycles. The number of thioether (sulfide) groups is 1. The molecule has 0 spiro atoms. The van der Waals surface area contributed by atoms with Crippen LogP contribution in [0.5, 0.6) is 0 Å². The van der Waals surface area contributed by atoms with Crippen molar-refractivity contribution >= 4 is 45.7 Å². The molecule has 0 aliphatic carbocycles. The van der Waals surface area contributed by atoms with E-state index in [1.807, 2.05) is 38.1 Å². The van der Waals surface area contributed by atoms with Gasteiger partial charge in [0.2, 0.25) is 11.8 Å². The summed E-state index contributed by atoms with van der Waals surface area (Å²) in [5, 5.41) is 5.78. The van der Waals surface area contributed by atoms with Crippen LogP contribution in [0.4, 0.5) is 10.8 Å². The molecule has 2 amide bonds. The molecule has 3 rings (SSSR count). The van der Waals surface area contributed by atoms with Crippen LogP contribution in [0.1, 0.15) is 17.0 Å². The molecule has 0 bridgehead atoms. The quantitative estimate of drug-likeness (QED) is 0.905. The maximum absolute atomic E-state index is 12.1. The number of benzene rings is 1. The van der Waals surface area contributed by atoms with E-state index in [4.69, 9.17) is 0 Å². The molecule has 7 heteroatoms. The second kappa shape index (κ2) is 6.10. The standard InChI is InChI=1S/C15H15N3O2S2/c1-8-9(2)21-15(16-8)18-13(19)7-12-14(20)17-10-5-3-4-6-11(10)22-12/h3-6,12H,7H2,1-2H3,(H,17,20)(H,16,18,19)/t12-/m1/s1. The van der Waals surface area contributed by atoms with E-state index in [-0.39, 0.29) is 18.2 Å². The molecule has 0 fully saturated rings. The van der Waals surface area contributed by atoms with Crippen molar-refractivity contribution in [2.75, 3.05) is 10.6 Å². The van der Waals surface area contributed by atoms with Gasteiger partial charge < -0.3 is 10.6 Å². The highest BCUT2D eigenvalue weighted by Gasteiger charge is 2.29. The van der Waals surface area contributed by atoms with Gasteiger partial charge in [0.15, 0.2) is 5.13 Å². The number of hydrogen-bond donors (Lipinski definition) is 2.